The van der Waals surface area contributed by atoms with Crippen LogP contribution < -0.4 is 9.34 Å². The van der Waals surface area contributed by atoms with Gasteiger partial charge in [0.1, 0.15) is 6.34 Å². The molecule has 0 spiro atoms. The fourth-order valence-electron chi connectivity index (χ4n) is 4.31. The molecule has 0 saturated carbocycles. The topological polar surface area (TPSA) is 32.8 Å². The summed E-state index contributed by atoms with van der Waals surface area (Å²) >= 11 is 6.53. The Morgan fingerprint density at radius 2 is 1.50 bits per heavy atom. The molecule has 0 radical (unpaired) electrons. The highest BCUT2D eigenvalue weighted by atomic mass is 32.4. The molecule has 1 unspecified atom stereocenters. The molecule has 1 aliphatic rings. The van der Waals surface area contributed by atoms with Crippen molar-refractivity contribution in [3.63, 3.8) is 0 Å². The zero-order valence-electron chi connectivity index (χ0n) is 19.3. The van der Waals surface area contributed by atoms with Crippen LogP contribution in [0.1, 0.15) is 46.0 Å². The summed E-state index contributed by atoms with van der Waals surface area (Å²) in [6.45, 7) is 10.6. The van der Waals surface area contributed by atoms with E-state index in [1.165, 1.54) is 6.42 Å². The third kappa shape index (κ3) is 5.27. The van der Waals surface area contributed by atoms with E-state index in [2.05, 4.69) is 47.1 Å². The summed E-state index contributed by atoms with van der Waals surface area (Å²) in [5, 5.41) is 0.840. The van der Waals surface area contributed by atoms with Crippen LogP contribution in [-0.2, 0) is 21.3 Å². The van der Waals surface area contributed by atoms with Crippen LogP contribution in [0.3, 0.4) is 0 Å². The lowest BCUT2D eigenvalue weighted by molar-refractivity contribution is -0.146. The van der Waals surface area contributed by atoms with Crippen molar-refractivity contribution in [1.29, 1.82) is 0 Å². The van der Waals surface area contributed by atoms with Gasteiger partial charge in [-0.05, 0) is 49.4 Å². The van der Waals surface area contributed by atoms with E-state index < -0.39 is 6.34 Å². The molecule has 2 aromatic carbocycles. The number of benzene rings is 2. The molecule has 1 saturated heterocycles. The molecular weight excluding hydrogens is 435 g/mol. The first-order chi connectivity index (χ1) is 15.5. The van der Waals surface area contributed by atoms with Crippen LogP contribution in [0.2, 0.25) is 0 Å². The maximum Gasteiger partial charge on any atom is 0.313 e. The van der Waals surface area contributed by atoms with Crippen LogP contribution in [0.4, 0.5) is 11.4 Å². The Labute approximate surface area is 198 Å². The van der Waals surface area contributed by atoms with E-state index in [0.29, 0.717) is 6.61 Å². The zero-order chi connectivity index (χ0) is 23.0. The van der Waals surface area contributed by atoms with Gasteiger partial charge in [-0.15, -0.1) is 0 Å². The van der Waals surface area contributed by atoms with Crippen molar-refractivity contribution in [3.05, 3.63) is 72.6 Å². The van der Waals surface area contributed by atoms with Crippen molar-refractivity contribution in [3.8, 4) is 0 Å². The lowest BCUT2D eigenvalue weighted by atomic mass is 10.0. The van der Waals surface area contributed by atoms with Crippen molar-refractivity contribution in [2.24, 2.45) is 5.92 Å². The molecule has 1 fully saturated rings. The number of esters is 1. The van der Waals surface area contributed by atoms with Gasteiger partial charge in [0, 0.05) is 29.8 Å². The molecule has 3 rings (SSSR count). The van der Waals surface area contributed by atoms with E-state index in [1.807, 2.05) is 43.3 Å². The quantitative estimate of drug-likeness (QED) is 0.201. The number of carbonyl (C=O) groups is 1. The second kappa shape index (κ2) is 11.7. The number of anilines is 2. The van der Waals surface area contributed by atoms with Crippen molar-refractivity contribution in [1.82, 2.24) is 0 Å². The van der Waals surface area contributed by atoms with Crippen molar-refractivity contribution in [2.45, 2.75) is 46.0 Å². The number of unbranched alkanes of at least 4 members (excludes halogenated alkanes) is 3. The number of hydrogen-bond donors (Lipinski definition) is 0. The third-order valence-electron chi connectivity index (χ3n) is 5.98. The first-order valence-corrected chi connectivity index (χ1v) is 14.4. The fraction of sp³-hybridized carbons (Fsp3) is 0.423. The maximum absolute atomic E-state index is 13.1. The third-order valence-corrected chi connectivity index (χ3v) is 11.1. The van der Waals surface area contributed by atoms with Gasteiger partial charge < -0.3 is 14.1 Å². The van der Waals surface area contributed by atoms with E-state index in [1.54, 1.807) is 0 Å². The predicted molar refractivity (Wildman–Crippen MR) is 140 cm³/mol. The standard InChI is InChI=1S/C26H35N2O2PS/c1-4-6-7-14-19-25(26(29)30-5-2)22(3)31(32)27(23-15-10-8-11-16-23)20-21-28(31)24-17-12-9-13-18-24/h8-13,15-18,25H,3-7,14,19-21H2,1-2H3. The van der Waals surface area contributed by atoms with Crippen LogP contribution in [0, 0.1) is 5.92 Å². The molecule has 4 nitrogen and oxygen atoms in total. The Morgan fingerprint density at radius 1 is 0.969 bits per heavy atom. The highest BCUT2D eigenvalue weighted by Crippen LogP contribution is 2.67. The Bertz CT molecular complexity index is 884. The van der Waals surface area contributed by atoms with Gasteiger partial charge in [0.05, 0.1) is 12.5 Å². The first-order valence-electron chi connectivity index (χ1n) is 11.7. The zero-order valence-corrected chi connectivity index (χ0v) is 21.0. The van der Waals surface area contributed by atoms with Gasteiger partial charge in [-0.1, -0.05) is 75.6 Å². The average molecular weight is 471 g/mol. The number of hydrogen-bond acceptors (Lipinski definition) is 3. The van der Waals surface area contributed by atoms with Gasteiger partial charge in [0.25, 0.3) is 0 Å². The van der Waals surface area contributed by atoms with Crippen molar-refractivity contribution in [2.75, 3.05) is 29.0 Å². The predicted octanol–water partition coefficient (Wildman–Crippen LogP) is 6.99. The molecule has 172 valence electrons. The molecule has 2 aromatic rings. The van der Waals surface area contributed by atoms with Crippen molar-refractivity contribution < 1.29 is 9.53 Å². The van der Waals surface area contributed by atoms with Gasteiger partial charge >= 0.3 is 5.97 Å². The highest BCUT2D eigenvalue weighted by molar-refractivity contribution is 8.18. The molecule has 1 atom stereocenters. The van der Waals surface area contributed by atoms with Gasteiger partial charge in [-0.25, -0.2) is 0 Å². The molecule has 0 aromatic heterocycles. The van der Waals surface area contributed by atoms with Gasteiger partial charge in [0.2, 0.25) is 0 Å². The van der Waals surface area contributed by atoms with E-state index in [4.69, 9.17) is 16.5 Å². The molecule has 0 N–H and O–H groups in total. The molecule has 0 amide bonds. The number of para-hydroxylation sites is 2. The molecule has 0 bridgehead atoms. The number of carbonyl (C=O) groups excluding carboxylic acids is 1. The summed E-state index contributed by atoms with van der Waals surface area (Å²) in [5.41, 5.74) is 2.17. The minimum Gasteiger partial charge on any atom is -0.466 e. The summed E-state index contributed by atoms with van der Waals surface area (Å²) in [6, 6.07) is 20.6. The SMILES string of the molecule is C=C(C(CCCCCC)C(=O)OCC)P1(=S)N(c2ccccc2)CCN1c1ccccc1. The maximum atomic E-state index is 13.1. The summed E-state index contributed by atoms with van der Waals surface area (Å²) in [4.78, 5) is 13.1. The minimum absolute atomic E-state index is 0.189. The van der Waals surface area contributed by atoms with Crippen LogP contribution in [0.25, 0.3) is 0 Å². The summed E-state index contributed by atoms with van der Waals surface area (Å²) in [5.74, 6) is -0.570. The second-order valence-corrected chi connectivity index (χ2v) is 12.3. The van der Waals surface area contributed by atoms with E-state index in [9.17, 15) is 4.79 Å². The molecule has 6 heteroatoms. The largest absolute Gasteiger partial charge is 0.466 e. The molecule has 0 aliphatic carbocycles. The summed E-state index contributed by atoms with van der Waals surface area (Å²) in [7, 11) is 0. The molecular formula is C26H35N2O2PS. The van der Waals surface area contributed by atoms with Crippen LogP contribution in [0.15, 0.2) is 72.6 Å². The number of ether oxygens (including phenoxy) is 1. The second-order valence-electron chi connectivity index (χ2n) is 8.11. The first kappa shape index (κ1) is 24.5. The highest BCUT2D eigenvalue weighted by Gasteiger charge is 2.45. The van der Waals surface area contributed by atoms with E-state index >= 15 is 0 Å². The molecule has 32 heavy (non-hydrogen) atoms. The van der Waals surface area contributed by atoms with Crippen LogP contribution in [-0.4, -0.2) is 25.7 Å². The molecule has 1 aliphatic heterocycles. The van der Waals surface area contributed by atoms with Gasteiger partial charge in [0.15, 0.2) is 0 Å². The lowest BCUT2D eigenvalue weighted by Gasteiger charge is -2.39. The Hall–Kier alpha value is -2.10. The Kier molecular flexibility index (Phi) is 8.95. The van der Waals surface area contributed by atoms with Crippen molar-refractivity contribution >= 4 is 35.5 Å². The number of nitrogens with zero attached hydrogens (tertiary/aromatic N) is 2. The van der Waals surface area contributed by atoms with Crippen LogP contribution in [0.5, 0.6) is 0 Å². The Morgan fingerprint density at radius 3 is 1.97 bits per heavy atom. The van der Waals surface area contributed by atoms with Gasteiger partial charge in [-0.3, -0.25) is 4.79 Å². The minimum atomic E-state index is -2.51. The smallest absolute Gasteiger partial charge is 0.313 e. The lowest BCUT2D eigenvalue weighted by Crippen LogP contribution is -2.27. The van der Waals surface area contributed by atoms with Gasteiger partial charge in [-0.2, -0.15) is 0 Å². The van der Waals surface area contributed by atoms with Crippen LogP contribution >= 0.6 is 6.34 Å². The molecule has 1 heterocycles. The summed E-state index contributed by atoms with van der Waals surface area (Å²) in [6.07, 6.45) is 2.64. The normalized spacial score (nSPS) is 16.1. The monoisotopic (exact) mass is 470 g/mol. The summed E-state index contributed by atoms with van der Waals surface area (Å²) < 4.78 is 10.1. The van der Waals surface area contributed by atoms with E-state index in [0.717, 1.165) is 55.5 Å². The van der Waals surface area contributed by atoms with E-state index in [-0.39, 0.29) is 11.9 Å². The average Bonchev–Trinajstić information content (AvgIpc) is 3.18. The number of rotatable bonds is 11. The Balaban J connectivity index is 2.01. The fourth-order valence-corrected chi connectivity index (χ4v) is 8.89.